The van der Waals surface area contributed by atoms with Crippen molar-refractivity contribution in [3.63, 3.8) is 0 Å². The number of aromatic nitrogens is 4. The molecule has 4 atom stereocenters. The summed E-state index contributed by atoms with van der Waals surface area (Å²) in [7, 11) is 0. The Bertz CT molecular complexity index is 1050. The Hall–Kier alpha value is -1.98. The molecule has 0 spiro atoms. The van der Waals surface area contributed by atoms with Crippen LogP contribution < -0.4 is 5.56 Å². The summed E-state index contributed by atoms with van der Waals surface area (Å²) in [5.74, 6) is 0. The molecule has 9 nitrogen and oxygen atoms in total. The topological polar surface area (TPSA) is 133 Å². The predicted octanol–water partition coefficient (Wildman–Crippen LogP) is -0.00370. The van der Waals surface area contributed by atoms with E-state index in [0.29, 0.717) is 21.3 Å². The highest BCUT2D eigenvalue weighted by Gasteiger charge is 2.53. The maximum atomic E-state index is 12.2. The summed E-state index contributed by atoms with van der Waals surface area (Å²) in [6.45, 7) is 1.000. The van der Waals surface area contributed by atoms with Gasteiger partial charge in [-0.25, -0.2) is 9.78 Å². The molecular weight excluding hydrogens is 360 g/mol. The second-order valence-electron chi connectivity index (χ2n) is 6.48. The summed E-state index contributed by atoms with van der Waals surface area (Å²) in [6.07, 6.45) is 0.255. The lowest BCUT2D eigenvalue weighted by Gasteiger charge is -2.27. The number of ether oxygens (including phenoxy) is 1. The molecule has 0 unspecified atom stereocenters. The van der Waals surface area contributed by atoms with Crippen molar-refractivity contribution in [3.8, 4) is 0 Å². The van der Waals surface area contributed by atoms with E-state index in [2.05, 4.69) is 15.3 Å². The van der Waals surface area contributed by atoms with E-state index in [1.807, 2.05) is 6.26 Å². The number of nitrogens with one attached hydrogen (secondary N) is 1. The minimum absolute atomic E-state index is 0.315. The van der Waals surface area contributed by atoms with Crippen LogP contribution in [-0.2, 0) is 4.74 Å². The summed E-state index contributed by atoms with van der Waals surface area (Å²) in [5, 5.41) is 43.8. The van der Waals surface area contributed by atoms with Crippen molar-refractivity contribution in [2.24, 2.45) is 0 Å². The average Bonchev–Trinajstić information content (AvgIpc) is 3.10. The van der Waals surface area contributed by atoms with Gasteiger partial charge in [0.15, 0.2) is 6.23 Å². The van der Waals surface area contributed by atoms with Crippen molar-refractivity contribution in [1.29, 1.82) is 0 Å². The van der Waals surface area contributed by atoms with E-state index in [0.717, 1.165) is 5.39 Å². The molecule has 3 heterocycles. The van der Waals surface area contributed by atoms with Gasteiger partial charge in [0.25, 0.3) is 5.56 Å². The van der Waals surface area contributed by atoms with E-state index in [-0.39, 0.29) is 5.56 Å². The average molecular weight is 378 g/mol. The zero-order valence-corrected chi connectivity index (χ0v) is 14.9. The summed E-state index contributed by atoms with van der Waals surface area (Å²) >= 11 is 1.32. The number of H-pyrrole nitrogens is 1. The van der Waals surface area contributed by atoms with Gasteiger partial charge in [-0.15, -0.1) is 11.8 Å². The molecule has 1 fully saturated rings. The van der Waals surface area contributed by atoms with Crippen LogP contribution in [-0.4, -0.2) is 66.0 Å². The number of aromatic amines is 1. The van der Waals surface area contributed by atoms with Gasteiger partial charge in [0.05, 0.1) is 12.0 Å². The van der Waals surface area contributed by atoms with Gasteiger partial charge in [-0.3, -0.25) is 4.79 Å². The van der Waals surface area contributed by atoms with Crippen LogP contribution in [0.4, 0.5) is 0 Å². The first kappa shape index (κ1) is 17.4. The summed E-state index contributed by atoms with van der Waals surface area (Å²) < 4.78 is 7.04. The number of hydrogen-bond donors (Lipinski definition) is 4. The zero-order valence-electron chi connectivity index (χ0n) is 14.1. The third-order valence-electron chi connectivity index (χ3n) is 4.79. The number of thioether (sulfide) groups is 1. The highest BCUT2D eigenvalue weighted by Crippen LogP contribution is 2.39. The Morgan fingerprint density at radius 2 is 2.23 bits per heavy atom. The van der Waals surface area contributed by atoms with E-state index in [1.165, 1.54) is 23.4 Å². The number of rotatable bonds is 3. The van der Waals surface area contributed by atoms with Crippen LogP contribution in [0.25, 0.3) is 21.7 Å². The largest absolute Gasteiger partial charge is 0.394 e. The zero-order chi connectivity index (χ0) is 18.6. The van der Waals surface area contributed by atoms with Crippen LogP contribution in [0.1, 0.15) is 13.2 Å². The summed E-state index contributed by atoms with van der Waals surface area (Å²) in [5.41, 5.74) is -1.49. The quantitative estimate of drug-likeness (QED) is 0.468. The number of hydrogen-bond acceptors (Lipinski definition) is 8. The Morgan fingerprint density at radius 1 is 1.46 bits per heavy atom. The van der Waals surface area contributed by atoms with Crippen LogP contribution >= 0.6 is 11.8 Å². The van der Waals surface area contributed by atoms with Crippen LogP contribution in [0, 0.1) is 0 Å². The molecule has 0 aliphatic carbocycles. The molecule has 26 heavy (non-hydrogen) atoms. The first-order chi connectivity index (χ1) is 12.4. The van der Waals surface area contributed by atoms with Gasteiger partial charge < -0.3 is 20.1 Å². The predicted molar refractivity (Wildman–Crippen MR) is 95.1 cm³/mol. The van der Waals surface area contributed by atoms with Crippen molar-refractivity contribution in [2.45, 2.75) is 36.0 Å². The van der Waals surface area contributed by atoms with Crippen molar-refractivity contribution in [3.05, 3.63) is 28.7 Å². The Morgan fingerprint density at radius 3 is 2.88 bits per heavy atom. The molecule has 1 saturated heterocycles. The molecule has 4 rings (SSSR count). The van der Waals surface area contributed by atoms with Crippen molar-refractivity contribution < 1.29 is 20.1 Å². The minimum Gasteiger partial charge on any atom is -0.394 e. The number of aliphatic hydroxyl groups excluding tert-OH is 2. The molecule has 138 valence electrons. The molecule has 2 aromatic heterocycles. The van der Waals surface area contributed by atoms with E-state index < -0.39 is 30.6 Å². The van der Waals surface area contributed by atoms with Crippen LogP contribution in [0.15, 0.2) is 28.2 Å². The lowest BCUT2D eigenvalue weighted by atomic mass is 9.97. The van der Waals surface area contributed by atoms with E-state index in [9.17, 15) is 20.1 Å². The molecule has 1 aliphatic heterocycles. The number of nitrogens with zero attached hydrogens (tertiary/aromatic N) is 3. The van der Waals surface area contributed by atoms with Crippen LogP contribution in [0.5, 0.6) is 0 Å². The van der Waals surface area contributed by atoms with Gasteiger partial charge in [0.2, 0.25) is 0 Å². The highest BCUT2D eigenvalue weighted by atomic mass is 32.2. The fourth-order valence-corrected chi connectivity index (χ4v) is 3.87. The molecule has 0 saturated carbocycles. The van der Waals surface area contributed by atoms with Gasteiger partial charge in [-0.1, -0.05) is 6.07 Å². The number of aliphatic hydroxyl groups is 3. The molecule has 4 N–H and O–H groups in total. The molecule has 0 radical (unpaired) electrons. The first-order valence-electron chi connectivity index (χ1n) is 7.99. The summed E-state index contributed by atoms with van der Waals surface area (Å²) in [6, 6.07) is 3.46. The monoisotopic (exact) mass is 378 g/mol. The van der Waals surface area contributed by atoms with E-state index >= 15 is 0 Å². The van der Waals surface area contributed by atoms with Gasteiger partial charge in [-0.05, 0) is 19.2 Å². The van der Waals surface area contributed by atoms with Gasteiger partial charge in [-0.2, -0.15) is 10.2 Å². The third-order valence-corrected chi connectivity index (χ3v) is 5.46. The lowest BCUT2D eigenvalue weighted by molar-refractivity contribution is -0.102. The Labute approximate surface area is 151 Å². The fourth-order valence-electron chi connectivity index (χ4n) is 3.39. The van der Waals surface area contributed by atoms with Crippen LogP contribution in [0.3, 0.4) is 0 Å². The van der Waals surface area contributed by atoms with Crippen molar-refractivity contribution >= 4 is 33.4 Å². The third kappa shape index (κ3) is 2.37. The maximum absolute atomic E-state index is 12.2. The first-order valence-corrected chi connectivity index (χ1v) is 9.22. The lowest BCUT2D eigenvalue weighted by Crippen LogP contribution is -2.44. The SMILES string of the molecule is CSc1n[nH]c(=O)c2ccc3cn([C@@H]4O[C@H](CO)[C@@H](O)[C@@]4(C)O)nc1c32. The molecule has 1 aromatic carbocycles. The molecule has 3 aromatic rings. The standard InChI is InChI=1S/C16H18N4O5S/c1-16(24)12(22)9(6-21)25-15(16)20-5-7-3-4-8-10(7)11(19-20)14(26-2)18-17-13(8)23/h3-5,9,12,15,21-22,24H,6H2,1-2H3,(H,17,23)/t9-,12-,15-,16-/m1/s1. The van der Waals surface area contributed by atoms with Crippen LogP contribution in [0.2, 0.25) is 0 Å². The van der Waals surface area contributed by atoms with Crippen molar-refractivity contribution in [1.82, 2.24) is 20.0 Å². The summed E-state index contributed by atoms with van der Waals surface area (Å²) in [4.78, 5) is 12.2. The fraction of sp³-hybridized carbons (Fsp3) is 0.438. The second kappa shape index (κ2) is 6.03. The van der Waals surface area contributed by atoms with Crippen molar-refractivity contribution in [2.75, 3.05) is 12.9 Å². The van der Waals surface area contributed by atoms with Gasteiger partial charge in [0, 0.05) is 17.0 Å². The van der Waals surface area contributed by atoms with E-state index in [1.54, 1.807) is 18.3 Å². The molecule has 0 amide bonds. The van der Waals surface area contributed by atoms with Gasteiger partial charge >= 0.3 is 0 Å². The maximum Gasteiger partial charge on any atom is 0.272 e. The minimum atomic E-state index is -1.66. The van der Waals surface area contributed by atoms with E-state index in [4.69, 9.17) is 4.74 Å². The highest BCUT2D eigenvalue weighted by molar-refractivity contribution is 7.98. The molecule has 0 bridgehead atoms. The normalized spacial score (nSPS) is 29.0. The molecule has 1 aliphatic rings. The smallest absolute Gasteiger partial charge is 0.272 e. The van der Waals surface area contributed by atoms with Gasteiger partial charge in [0.1, 0.15) is 28.4 Å². The Balaban J connectivity index is 1.99. The molecule has 10 heteroatoms. The Kier molecular flexibility index (Phi) is 4.04. The second-order valence-corrected chi connectivity index (χ2v) is 7.27. The molecular formula is C16H18N4O5S.